The zero-order valence-electron chi connectivity index (χ0n) is 12.9. The van der Waals surface area contributed by atoms with E-state index in [1.807, 2.05) is 38.1 Å². The molecule has 21 heavy (non-hydrogen) atoms. The van der Waals surface area contributed by atoms with Crippen LogP contribution in [0.5, 0.6) is 0 Å². The van der Waals surface area contributed by atoms with Crippen molar-refractivity contribution < 1.29 is 4.79 Å². The summed E-state index contributed by atoms with van der Waals surface area (Å²) < 4.78 is 0. The molecule has 1 N–H and O–H groups in total. The molecule has 0 radical (unpaired) electrons. The molecule has 1 atom stereocenters. The molecule has 0 aromatic heterocycles. The van der Waals surface area contributed by atoms with Crippen molar-refractivity contribution in [2.24, 2.45) is 0 Å². The predicted molar refractivity (Wildman–Crippen MR) is 91.0 cm³/mol. The summed E-state index contributed by atoms with van der Waals surface area (Å²) in [5.41, 5.74) is 4.49. The fraction of sp³-hybridized carbons (Fsp3) is 0.278. The van der Waals surface area contributed by atoms with Crippen LogP contribution < -0.4 is 5.32 Å². The number of thioether (sulfide) groups is 1. The van der Waals surface area contributed by atoms with Gasteiger partial charge in [0.05, 0.1) is 5.25 Å². The standard InChI is InChI=1S/C18H21NOS/c1-12-5-8-16(9-6-12)19-18(20)15(4)21-17-10-7-13(2)11-14(17)3/h5-11,15H,1-4H3,(H,19,20)/t15-/m1/s1. The molecule has 1 amide bonds. The number of amides is 1. The fourth-order valence-corrected chi connectivity index (χ4v) is 2.99. The third-order valence-corrected chi connectivity index (χ3v) is 4.60. The number of hydrogen-bond acceptors (Lipinski definition) is 2. The summed E-state index contributed by atoms with van der Waals surface area (Å²) in [6.45, 7) is 8.13. The molecule has 0 aliphatic carbocycles. The number of nitrogens with one attached hydrogen (secondary N) is 1. The second-order valence-electron chi connectivity index (χ2n) is 5.38. The first-order valence-corrected chi connectivity index (χ1v) is 7.95. The smallest absolute Gasteiger partial charge is 0.237 e. The molecule has 0 heterocycles. The molecular formula is C18H21NOS. The molecule has 2 rings (SSSR count). The second-order valence-corrected chi connectivity index (χ2v) is 6.77. The maximum Gasteiger partial charge on any atom is 0.237 e. The lowest BCUT2D eigenvalue weighted by molar-refractivity contribution is -0.115. The van der Waals surface area contributed by atoms with E-state index in [-0.39, 0.29) is 11.2 Å². The molecule has 0 unspecified atom stereocenters. The number of carbonyl (C=O) groups is 1. The highest BCUT2D eigenvalue weighted by Crippen LogP contribution is 2.28. The van der Waals surface area contributed by atoms with Gasteiger partial charge in [-0.2, -0.15) is 0 Å². The Balaban J connectivity index is 2.00. The van der Waals surface area contributed by atoms with Gasteiger partial charge >= 0.3 is 0 Å². The lowest BCUT2D eigenvalue weighted by atomic mass is 10.2. The maximum absolute atomic E-state index is 12.2. The van der Waals surface area contributed by atoms with Crippen molar-refractivity contribution >= 4 is 23.4 Å². The van der Waals surface area contributed by atoms with Crippen LogP contribution >= 0.6 is 11.8 Å². The highest BCUT2D eigenvalue weighted by Gasteiger charge is 2.15. The summed E-state index contributed by atoms with van der Waals surface area (Å²) in [5.74, 6) is 0.0313. The van der Waals surface area contributed by atoms with Crippen molar-refractivity contribution in [3.63, 3.8) is 0 Å². The summed E-state index contributed by atoms with van der Waals surface area (Å²) in [6.07, 6.45) is 0. The maximum atomic E-state index is 12.2. The molecule has 2 nitrogen and oxygen atoms in total. The molecule has 0 saturated heterocycles. The van der Waals surface area contributed by atoms with E-state index < -0.39 is 0 Å². The number of rotatable bonds is 4. The molecule has 2 aromatic rings. The number of anilines is 1. The van der Waals surface area contributed by atoms with Crippen LogP contribution in [0, 0.1) is 20.8 Å². The zero-order chi connectivity index (χ0) is 15.4. The van der Waals surface area contributed by atoms with Gasteiger partial charge in [0.2, 0.25) is 5.91 Å². The fourth-order valence-electron chi connectivity index (χ4n) is 2.06. The van der Waals surface area contributed by atoms with Crippen molar-refractivity contribution in [3.8, 4) is 0 Å². The van der Waals surface area contributed by atoms with E-state index in [9.17, 15) is 4.79 Å². The molecule has 2 aromatic carbocycles. The van der Waals surface area contributed by atoms with Crippen molar-refractivity contribution in [1.29, 1.82) is 0 Å². The van der Waals surface area contributed by atoms with Crippen LogP contribution in [-0.2, 0) is 4.79 Å². The van der Waals surface area contributed by atoms with E-state index in [4.69, 9.17) is 0 Å². The van der Waals surface area contributed by atoms with Crippen LogP contribution in [0.3, 0.4) is 0 Å². The average molecular weight is 299 g/mol. The molecule has 0 bridgehead atoms. The van der Waals surface area contributed by atoms with Crippen molar-refractivity contribution in [2.75, 3.05) is 5.32 Å². The van der Waals surface area contributed by atoms with Gasteiger partial charge in [0.25, 0.3) is 0 Å². The van der Waals surface area contributed by atoms with Gasteiger partial charge in [0.1, 0.15) is 0 Å². The van der Waals surface area contributed by atoms with Gasteiger partial charge in [0, 0.05) is 10.6 Å². The summed E-state index contributed by atoms with van der Waals surface area (Å²) >= 11 is 1.60. The van der Waals surface area contributed by atoms with Gasteiger partial charge in [-0.1, -0.05) is 35.4 Å². The Bertz CT molecular complexity index is 634. The zero-order valence-corrected chi connectivity index (χ0v) is 13.8. The number of aryl methyl sites for hydroxylation is 3. The van der Waals surface area contributed by atoms with Crippen LogP contribution in [0.25, 0.3) is 0 Å². The Morgan fingerprint density at radius 1 is 1.00 bits per heavy atom. The minimum atomic E-state index is -0.132. The Morgan fingerprint density at radius 3 is 2.24 bits per heavy atom. The van der Waals surface area contributed by atoms with Gasteiger partial charge in [-0.05, 0) is 51.5 Å². The van der Waals surface area contributed by atoms with E-state index >= 15 is 0 Å². The first kappa shape index (κ1) is 15.6. The van der Waals surface area contributed by atoms with E-state index in [0.29, 0.717) is 0 Å². The minimum absolute atomic E-state index is 0.0313. The minimum Gasteiger partial charge on any atom is -0.325 e. The average Bonchev–Trinajstić information content (AvgIpc) is 2.44. The van der Waals surface area contributed by atoms with Crippen LogP contribution in [0.15, 0.2) is 47.4 Å². The molecule has 0 saturated carbocycles. The molecule has 3 heteroatoms. The van der Waals surface area contributed by atoms with Gasteiger partial charge in [0.15, 0.2) is 0 Å². The van der Waals surface area contributed by atoms with Crippen LogP contribution in [0.4, 0.5) is 5.69 Å². The number of hydrogen-bond donors (Lipinski definition) is 1. The molecule has 0 aliphatic rings. The highest BCUT2D eigenvalue weighted by molar-refractivity contribution is 8.00. The van der Waals surface area contributed by atoms with Gasteiger partial charge < -0.3 is 5.32 Å². The topological polar surface area (TPSA) is 29.1 Å². The van der Waals surface area contributed by atoms with Crippen LogP contribution in [0.2, 0.25) is 0 Å². The lowest BCUT2D eigenvalue weighted by Gasteiger charge is -2.14. The second kappa shape index (κ2) is 6.81. The van der Waals surface area contributed by atoms with E-state index in [1.54, 1.807) is 11.8 Å². The van der Waals surface area contributed by atoms with Crippen molar-refractivity contribution in [1.82, 2.24) is 0 Å². The lowest BCUT2D eigenvalue weighted by Crippen LogP contribution is -2.22. The Hall–Kier alpha value is -1.74. The van der Waals surface area contributed by atoms with Gasteiger partial charge in [-0.25, -0.2) is 0 Å². The summed E-state index contributed by atoms with van der Waals surface area (Å²) in [7, 11) is 0. The highest BCUT2D eigenvalue weighted by atomic mass is 32.2. The quantitative estimate of drug-likeness (QED) is 0.827. The largest absolute Gasteiger partial charge is 0.325 e. The first-order valence-electron chi connectivity index (χ1n) is 7.07. The Kier molecular flexibility index (Phi) is 5.07. The third kappa shape index (κ3) is 4.36. The number of benzene rings is 2. The van der Waals surface area contributed by atoms with Crippen molar-refractivity contribution in [3.05, 3.63) is 59.2 Å². The summed E-state index contributed by atoms with van der Waals surface area (Å²) in [5, 5.41) is 2.83. The Labute approximate surface area is 131 Å². The molecule has 110 valence electrons. The van der Waals surface area contributed by atoms with E-state index in [0.717, 1.165) is 10.6 Å². The molecular weight excluding hydrogens is 278 g/mol. The van der Waals surface area contributed by atoms with Gasteiger partial charge in [-0.3, -0.25) is 4.79 Å². The molecule has 0 spiro atoms. The van der Waals surface area contributed by atoms with Crippen LogP contribution in [-0.4, -0.2) is 11.2 Å². The van der Waals surface area contributed by atoms with Gasteiger partial charge in [-0.15, -0.1) is 11.8 Å². The summed E-state index contributed by atoms with van der Waals surface area (Å²) in [4.78, 5) is 13.4. The normalized spacial score (nSPS) is 12.0. The van der Waals surface area contributed by atoms with E-state index in [2.05, 4.69) is 37.4 Å². The number of carbonyl (C=O) groups excluding carboxylic acids is 1. The summed E-state index contributed by atoms with van der Waals surface area (Å²) in [6, 6.07) is 14.2. The molecule has 0 fully saturated rings. The SMILES string of the molecule is Cc1ccc(NC(=O)[C@@H](C)Sc2ccc(C)cc2C)cc1. The Morgan fingerprint density at radius 2 is 1.62 bits per heavy atom. The first-order chi connectivity index (χ1) is 9.95. The predicted octanol–water partition coefficient (Wildman–Crippen LogP) is 4.73. The molecule has 0 aliphatic heterocycles. The van der Waals surface area contributed by atoms with Crippen molar-refractivity contribution in [2.45, 2.75) is 37.8 Å². The third-order valence-electron chi connectivity index (χ3n) is 3.32. The monoisotopic (exact) mass is 299 g/mol. The van der Waals surface area contributed by atoms with E-state index in [1.165, 1.54) is 16.7 Å². The van der Waals surface area contributed by atoms with Crippen LogP contribution in [0.1, 0.15) is 23.6 Å².